The lowest BCUT2D eigenvalue weighted by Crippen LogP contribution is -1.98. The van der Waals surface area contributed by atoms with Crippen molar-refractivity contribution < 1.29 is 0 Å². The van der Waals surface area contributed by atoms with E-state index in [2.05, 4.69) is 203 Å². The molecule has 0 unspecified atom stereocenters. The summed E-state index contributed by atoms with van der Waals surface area (Å²) in [6.07, 6.45) is 0. The molecule has 0 N–H and O–H groups in total. The molecule has 0 saturated carbocycles. The van der Waals surface area contributed by atoms with Crippen molar-refractivity contribution in [1.82, 2.24) is 9.13 Å². The Labute approximate surface area is 290 Å². The van der Waals surface area contributed by atoms with Gasteiger partial charge in [0.1, 0.15) is 0 Å². The molecule has 0 saturated heterocycles. The fourth-order valence-electron chi connectivity index (χ4n) is 7.92. The van der Waals surface area contributed by atoms with Crippen LogP contribution in [0.15, 0.2) is 194 Å². The summed E-state index contributed by atoms with van der Waals surface area (Å²) in [7, 11) is 0. The highest BCUT2D eigenvalue weighted by Gasteiger charge is 2.21. The predicted molar refractivity (Wildman–Crippen MR) is 211 cm³/mol. The molecule has 2 nitrogen and oxygen atoms in total. The number of benzene rings is 8. The molecule has 10 rings (SSSR count). The van der Waals surface area contributed by atoms with Crippen molar-refractivity contribution in [2.45, 2.75) is 0 Å². The van der Waals surface area contributed by atoms with Crippen molar-refractivity contribution in [3.05, 3.63) is 194 Å². The number of hydrogen-bond donors (Lipinski definition) is 0. The SMILES string of the molecule is c1ccc(-c2cccc(-c3cccc(-n4c5ccccc5c5cccc(-c6cccc7c8ccccc8n(-c8ccccc8)c67)c54)c3)c2)cc1. The summed E-state index contributed by atoms with van der Waals surface area (Å²) in [5, 5.41) is 5.00. The number of hydrogen-bond acceptors (Lipinski definition) is 0. The van der Waals surface area contributed by atoms with Gasteiger partial charge >= 0.3 is 0 Å². The van der Waals surface area contributed by atoms with Gasteiger partial charge in [-0.25, -0.2) is 0 Å². The van der Waals surface area contributed by atoms with E-state index in [0.29, 0.717) is 0 Å². The van der Waals surface area contributed by atoms with Gasteiger partial charge in [0.15, 0.2) is 0 Å². The van der Waals surface area contributed by atoms with Crippen LogP contribution >= 0.6 is 0 Å². The van der Waals surface area contributed by atoms with Crippen molar-refractivity contribution in [1.29, 1.82) is 0 Å². The van der Waals surface area contributed by atoms with Gasteiger partial charge in [0, 0.05) is 44.0 Å². The van der Waals surface area contributed by atoms with E-state index in [0.717, 1.165) is 11.4 Å². The molecule has 50 heavy (non-hydrogen) atoms. The maximum atomic E-state index is 2.47. The highest BCUT2D eigenvalue weighted by molar-refractivity contribution is 6.19. The monoisotopic (exact) mass is 636 g/mol. The Hall–Kier alpha value is -6.64. The standard InChI is InChI=1S/C48H32N2/c1-3-15-33(16-4-1)34-17-11-18-35(31-34)36-19-12-22-38(32-36)50-46-30-10-8-24-40(46)42-26-14-28-44(48(42)50)43-27-13-25-41-39-23-7-9-29-45(39)49(47(41)43)37-20-5-2-6-21-37/h1-32H. The van der Waals surface area contributed by atoms with Crippen LogP contribution in [-0.2, 0) is 0 Å². The molecular weight excluding hydrogens is 605 g/mol. The first kappa shape index (κ1) is 28.4. The quantitative estimate of drug-likeness (QED) is 0.178. The van der Waals surface area contributed by atoms with Crippen molar-refractivity contribution in [3.63, 3.8) is 0 Å². The van der Waals surface area contributed by atoms with E-state index in [1.165, 1.54) is 77.0 Å². The Morgan fingerprint density at radius 1 is 0.260 bits per heavy atom. The van der Waals surface area contributed by atoms with Crippen molar-refractivity contribution in [2.75, 3.05) is 0 Å². The first-order chi connectivity index (χ1) is 24.8. The Balaban J connectivity index is 1.25. The average Bonchev–Trinajstić information content (AvgIpc) is 3.72. The van der Waals surface area contributed by atoms with Gasteiger partial charge in [0.05, 0.1) is 22.1 Å². The van der Waals surface area contributed by atoms with Gasteiger partial charge in [0.2, 0.25) is 0 Å². The second-order valence-electron chi connectivity index (χ2n) is 12.9. The van der Waals surface area contributed by atoms with E-state index in [4.69, 9.17) is 0 Å². The van der Waals surface area contributed by atoms with E-state index in [1.807, 2.05) is 0 Å². The molecule has 0 aliphatic heterocycles. The highest BCUT2D eigenvalue weighted by atomic mass is 15.0. The summed E-state index contributed by atoms with van der Waals surface area (Å²) in [4.78, 5) is 0. The summed E-state index contributed by atoms with van der Waals surface area (Å²) in [5.74, 6) is 0. The first-order valence-electron chi connectivity index (χ1n) is 17.2. The number of nitrogens with zero attached hydrogens (tertiary/aromatic N) is 2. The van der Waals surface area contributed by atoms with Crippen LogP contribution in [-0.4, -0.2) is 9.13 Å². The normalized spacial score (nSPS) is 11.6. The largest absolute Gasteiger partial charge is 0.309 e. The second-order valence-corrected chi connectivity index (χ2v) is 12.9. The maximum Gasteiger partial charge on any atom is 0.0620 e. The van der Waals surface area contributed by atoms with Crippen molar-refractivity contribution in [2.24, 2.45) is 0 Å². The average molecular weight is 637 g/mol. The summed E-state index contributed by atoms with van der Waals surface area (Å²) >= 11 is 0. The summed E-state index contributed by atoms with van der Waals surface area (Å²) in [6.45, 7) is 0. The Morgan fingerprint density at radius 2 is 0.660 bits per heavy atom. The van der Waals surface area contributed by atoms with E-state index in [1.54, 1.807) is 0 Å². The van der Waals surface area contributed by atoms with Gasteiger partial charge < -0.3 is 9.13 Å². The first-order valence-corrected chi connectivity index (χ1v) is 17.2. The van der Waals surface area contributed by atoms with E-state index in [9.17, 15) is 0 Å². The molecule has 2 aromatic heterocycles. The maximum absolute atomic E-state index is 2.47. The number of para-hydroxylation sites is 5. The van der Waals surface area contributed by atoms with Crippen LogP contribution < -0.4 is 0 Å². The molecule has 2 heterocycles. The van der Waals surface area contributed by atoms with Gasteiger partial charge in [0.25, 0.3) is 0 Å². The van der Waals surface area contributed by atoms with Gasteiger partial charge in [-0.05, 0) is 64.7 Å². The van der Waals surface area contributed by atoms with Crippen LogP contribution in [0.4, 0.5) is 0 Å². The minimum Gasteiger partial charge on any atom is -0.309 e. The molecule has 0 radical (unpaired) electrons. The van der Waals surface area contributed by atoms with E-state index in [-0.39, 0.29) is 0 Å². The van der Waals surface area contributed by atoms with Crippen LogP contribution in [0.2, 0.25) is 0 Å². The third kappa shape index (κ3) is 4.43. The van der Waals surface area contributed by atoms with Crippen LogP contribution in [0.5, 0.6) is 0 Å². The lowest BCUT2D eigenvalue weighted by molar-refractivity contribution is 1.17. The topological polar surface area (TPSA) is 9.86 Å². The van der Waals surface area contributed by atoms with Gasteiger partial charge in [-0.15, -0.1) is 0 Å². The molecule has 2 heteroatoms. The fourth-order valence-corrected chi connectivity index (χ4v) is 7.92. The van der Waals surface area contributed by atoms with Crippen molar-refractivity contribution >= 4 is 43.6 Å². The van der Waals surface area contributed by atoms with Crippen molar-refractivity contribution in [3.8, 4) is 44.8 Å². The highest BCUT2D eigenvalue weighted by Crippen LogP contribution is 2.43. The zero-order valence-corrected chi connectivity index (χ0v) is 27.4. The molecule has 0 aliphatic rings. The van der Waals surface area contributed by atoms with Crippen LogP contribution in [0.25, 0.3) is 88.4 Å². The zero-order chi connectivity index (χ0) is 33.0. The molecule has 8 aromatic carbocycles. The lowest BCUT2D eigenvalue weighted by atomic mass is 9.98. The van der Waals surface area contributed by atoms with E-state index >= 15 is 0 Å². The Kier molecular flexibility index (Phi) is 6.53. The molecule has 0 amide bonds. The minimum atomic E-state index is 1.14. The number of rotatable bonds is 5. The van der Waals surface area contributed by atoms with Gasteiger partial charge in [-0.2, -0.15) is 0 Å². The Morgan fingerprint density at radius 3 is 1.28 bits per heavy atom. The molecule has 0 bridgehead atoms. The van der Waals surface area contributed by atoms with Gasteiger partial charge in [-0.3, -0.25) is 0 Å². The van der Waals surface area contributed by atoms with Crippen LogP contribution in [0, 0.1) is 0 Å². The fraction of sp³-hybridized carbons (Fsp3) is 0. The molecule has 0 spiro atoms. The summed E-state index contributed by atoms with van der Waals surface area (Å²) < 4.78 is 4.91. The molecule has 10 aromatic rings. The third-order valence-corrected chi connectivity index (χ3v) is 10.1. The third-order valence-electron chi connectivity index (χ3n) is 10.1. The molecule has 0 atom stereocenters. The smallest absolute Gasteiger partial charge is 0.0620 e. The van der Waals surface area contributed by atoms with E-state index < -0.39 is 0 Å². The number of fused-ring (bicyclic) bond motifs is 6. The van der Waals surface area contributed by atoms with Crippen LogP contribution in [0.1, 0.15) is 0 Å². The van der Waals surface area contributed by atoms with Crippen LogP contribution in [0.3, 0.4) is 0 Å². The lowest BCUT2D eigenvalue weighted by Gasteiger charge is -2.15. The molecule has 0 aliphatic carbocycles. The molecular formula is C48H32N2. The minimum absolute atomic E-state index is 1.14. The number of aromatic nitrogens is 2. The Bertz CT molecular complexity index is 2860. The molecule has 234 valence electrons. The second kappa shape index (κ2) is 11.5. The van der Waals surface area contributed by atoms with Gasteiger partial charge in [-0.1, -0.05) is 152 Å². The predicted octanol–water partition coefficient (Wildman–Crippen LogP) is 12.9. The summed E-state index contributed by atoms with van der Waals surface area (Å²) in [5.41, 5.74) is 14.4. The zero-order valence-electron chi connectivity index (χ0n) is 27.4. The summed E-state index contributed by atoms with van der Waals surface area (Å²) in [6, 6.07) is 70.4. The molecule has 0 fully saturated rings.